The standard InChI is InChI=1S/C18H29N/c1-17(2,3)14-9-7-13(8-10-14)11-16(19-6)15-12-18(15,4)5/h7-10,15-16,19H,11-12H2,1-6H3. The molecule has 2 rings (SSSR count). The second-order valence-corrected chi connectivity index (χ2v) is 7.85. The third-order valence-corrected chi connectivity index (χ3v) is 4.72. The summed E-state index contributed by atoms with van der Waals surface area (Å²) in [6, 6.07) is 9.82. The molecule has 1 N–H and O–H groups in total. The summed E-state index contributed by atoms with van der Waals surface area (Å²) in [7, 11) is 2.10. The fourth-order valence-electron chi connectivity index (χ4n) is 3.04. The van der Waals surface area contributed by atoms with Crippen LogP contribution >= 0.6 is 0 Å². The summed E-state index contributed by atoms with van der Waals surface area (Å²) in [5.41, 5.74) is 3.66. The van der Waals surface area contributed by atoms with Gasteiger partial charge in [-0.1, -0.05) is 58.9 Å². The van der Waals surface area contributed by atoms with Gasteiger partial charge in [0.05, 0.1) is 0 Å². The minimum Gasteiger partial charge on any atom is -0.316 e. The molecule has 0 aromatic heterocycles. The molecular formula is C18H29N. The Morgan fingerprint density at radius 2 is 1.74 bits per heavy atom. The van der Waals surface area contributed by atoms with Crippen molar-refractivity contribution in [2.45, 2.75) is 58.9 Å². The molecule has 1 nitrogen and oxygen atoms in total. The van der Waals surface area contributed by atoms with Crippen LogP contribution in [0.15, 0.2) is 24.3 Å². The zero-order chi connectivity index (χ0) is 14.3. The largest absolute Gasteiger partial charge is 0.316 e. The highest BCUT2D eigenvalue weighted by molar-refractivity contribution is 5.28. The predicted molar refractivity (Wildman–Crippen MR) is 83.6 cm³/mol. The van der Waals surface area contributed by atoms with Crippen LogP contribution in [-0.2, 0) is 11.8 Å². The molecule has 19 heavy (non-hydrogen) atoms. The molecule has 106 valence electrons. The highest BCUT2D eigenvalue weighted by Gasteiger charge is 2.49. The summed E-state index contributed by atoms with van der Waals surface area (Å²) in [6.07, 6.45) is 2.51. The van der Waals surface area contributed by atoms with E-state index in [2.05, 4.69) is 71.2 Å². The summed E-state index contributed by atoms with van der Waals surface area (Å²) in [4.78, 5) is 0. The molecule has 2 unspecified atom stereocenters. The first kappa shape index (κ1) is 14.6. The monoisotopic (exact) mass is 259 g/mol. The average Bonchev–Trinajstić information content (AvgIpc) is 2.94. The molecule has 0 amide bonds. The quantitative estimate of drug-likeness (QED) is 0.856. The van der Waals surface area contributed by atoms with Crippen LogP contribution in [0.4, 0.5) is 0 Å². The highest BCUT2D eigenvalue weighted by atomic mass is 14.9. The van der Waals surface area contributed by atoms with Gasteiger partial charge in [0.25, 0.3) is 0 Å². The van der Waals surface area contributed by atoms with Crippen LogP contribution in [0.2, 0.25) is 0 Å². The summed E-state index contributed by atoms with van der Waals surface area (Å²) < 4.78 is 0. The molecule has 1 saturated carbocycles. The van der Waals surface area contributed by atoms with E-state index in [9.17, 15) is 0 Å². The first-order chi connectivity index (χ1) is 8.74. The Hall–Kier alpha value is -0.820. The maximum atomic E-state index is 3.51. The minimum atomic E-state index is 0.249. The van der Waals surface area contributed by atoms with Crippen molar-refractivity contribution < 1.29 is 0 Å². The normalized spacial score (nSPS) is 23.2. The minimum absolute atomic E-state index is 0.249. The van der Waals surface area contributed by atoms with E-state index in [-0.39, 0.29) is 5.41 Å². The molecule has 1 heteroatoms. The summed E-state index contributed by atoms with van der Waals surface area (Å²) in [5, 5.41) is 3.51. The number of hydrogen-bond acceptors (Lipinski definition) is 1. The molecule has 1 fully saturated rings. The van der Waals surface area contributed by atoms with Crippen molar-refractivity contribution in [3.63, 3.8) is 0 Å². The third-order valence-electron chi connectivity index (χ3n) is 4.72. The van der Waals surface area contributed by atoms with Gasteiger partial charge in [0.15, 0.2) is 0 Å². The van der Waals surface area contributed by atoms with Crippen molar-refractivity contribution in [3.8, 4) is 0 Å². The van der Waals surface area contributed by atoms with Crippen LogP contribution in [0.25, 0.3) is 0 Å². The zero-order valence-corrected chi connectivity index (χ0v) is 13.4. The van der Waals surface area contributed by atoms with Gasteiger partial charge < -0.3 is 5.32 Å². The van der Waals surface area contributed by atoms with E-state index in [0.29, 0.717) is 11.5 Å². The molecule has 0 aliphatic heterocycles. The summed E-state index contributed by atoms with van der Waals surface area (Å²) in [5.74, 6) is 0.833. The van der Waals surface area contributed by atoms with Crippen molar-refractivity contribution in [2.75, 3.05) is 7.05 Å². The lowest BCUT2D eigenvalue weighted by Gasteiger charge is -2.21. The molecule has 2 atom stereocenters. The lowest BCUT2D eigenvalue weighted by Crippen LogP contribution is -2.31. The average molecular weight is 259 g/mol. The Morgan fingerprint density at radius 1 is 1.21 bits per heavy atom. The van der Waals surface area contributed by atoms with E-state index < -0.39 is 0 Å². The maximum Gasteiger partial charge on any atom is 0.0138 e. The second-order valence-electron chi connectivity index (χ2n) is 7.85. The Labute approximate surface area is 118 Å². The molecule has 0 bridgehead atoms. The van der Waals surface area contributed by atoms with Gasteiger partial charge in [0.2, 0.25) is 0 Å². The van der Waals surface area contributed by atoms with Crippen LogP contribution in [0, 0.1) is 11.3 Å². The van der Waals surface area contributed by atoms with E-state index in [1.54, 1.807) is 0 Å². The highest BCUT2D eigenvalue weighted by Crippen LogP contribution is 2.53. The molecular weight excluding hydrogens is 230 g/mol. The number of nitrogens with one attached hydrogen (secondary N) is 1. The molecule has 1 aromatic rings. The van der Waals surface area contributed by atoms with Gasteiger partial charge in [-0.3, -0.25) is 0 Å². The van der Waals surface area contributed by atoms with E-state index in [1.807, 2.05) is 0 Å². The lowest BCUT2D eigenvalue weighted by molar-refractivity contribution is 0.426. The Morgan fingerprint density at radius 3 is 2.11 bits per heavy atom. The molecule has 0 heterocycles. The Kier molecular flexibility index (Phi) is 3.79. The van der Waals surface area contributed by atoms with Gasteiger partial charge in [-0.2, -0.15) is 0 Å². The van der Waals surface area contributed by atoms with E-state index in [0.717, 1.165) is 12.3 Å². The molecule has 1 aliphatic rings. The Balaban J connectivity index is 2.03. The van der Waals surface area contributed by atoms with Crippen molar-refractivity contribution in [3.05, 3.63) is 35.4 Å². The SMILES string of the molecule is CNC(Cc1ccc(C(C)(C)C)cc1)C1CC1(C)C. The molecule has 0 radical (unpaired) electrons. The molecule has 0 spiro atoms. The van der Waals surface area contributed by atoms with Crippen molar-refractivity contribution >= 4 is 0 Å². The van der Waals surface area contributed by atoms with Crippen LogP contribution < -0.4 is 5.32 Å². The number of rotatable bonds is 4. The summed E-state index contributed by atoms with van der Waals surface area (Å²) >= 11 is 0. The van der Waals surface area contributed by atoms with Crippen molar-refractivity contribution in [2.24, 2.45) is 11.3 Å². The second kappa shape index (κ2) is 4.94. The first-order valence-corrected chi connectivity index (χ1v) is 7.51. The van der Waals surface area contributed by atoms with Crippen LogP contribution in [-0.4, -0.2) is 13.1 Å². The van der Waals surface area contributed by atoms with Gasteiger partial charge in [-0.15, -0.1) is 0 Å². The van der Waals surface area contributed by atoms with Gasteiger partial charge in [-0.05, 0) is 47.8 Å². The smallest absolute Gasteiger partial charge is 0.0138 e. The predicted octanol–water partition coefficient (Wildman–Crippen LogP) is 4.16. The fourth-order valence-corrected chi connectivity index (χ4v) is 3.04. The van der Waals surface area contributed by atoms with E-state index in [1.165, 1.54) is 17.5 Å². The zero-order valence-electron chi connectivity index (χ0n) is 13.4. The van der Waals surface area contributed by atoms with Crippen LogP contribution in [0.5, 0.6) is 0 Å². The van der Waals surface area contributed by atoms with Crippen molar-refractivity contribution in [1.82, 2.24) is 5.32 Å². The third kappa shape index (κ3) is 3.39. The number of benzene rings is 1. The summed E-state index contributed by atoms with van der Waals surface area (Å²) in [6.45, 7) is 11.6. The molecule has 1 aliphatic carbocycles. The number of hydrogen-bond donors (Lipinski definition) is 1. The molecule has 0 saturated heterocycles. The fraction of sp³-hybridized carbons (Fsp3) is 0.667. The molecule has 1 aromatic carbocycles. The van der Waals surface area contributed by atoms with Gasteiger partial charge in [0.1, 0.15) is 0 Å². The van der Waals surface area contributed by atoms with E-state index >= 15 is 0 Å². The lowest BCUT2D eigenvalue weighted by atomic mass is 9.86. The van der Waals surface area contributed by atoms with Gasteiger partial charge >= 0.3 is 0 Å². The van der Waals surface area contributed by atoms with Gasteiger partial charge in [-0.25, -0.2) is 0 Å². The van der Waals surface area contributed by atoms with Gasteiger partial charge in [0, 0.05) is 6.04 Å². The Bertz CT molecular complexity index is 422. The van der Waals surface area contributed by atoms with Crippen molar-refractivity contribution in [1.29, 1.82) is 0 Å². The van der Waals surface area contributed by atoms with Crippen LogP contribution in [0.1, 0.15) is 52.2 Å². The topological polar surface area (TPSA) is 12.0 Å². The maximum absolute atomic E-state index is 3.51. The first-order valence-electron chi connectivity index (χ1n) is 7.51. The van der Waals surface area contributed by atoms with E-state index in [4.69, 9.17) is 0 Å². The van der Waals surface area contributed by atoms with Crippen LogP contribution in [0.3, 0.4) is 0 Å². The number of likely N-dealkylation sites (N-methyl/N-ethyl adjacent to an activating group) is 1.